The van der Waals surface area contributed by atoms with E-state index in [1.54, 1.807) is 0 Å². The van der Waals surface area contributed by atoms with Crippen molar-refractivity contribution in [2.45, 2.75) is 87.1 Å². The topological polar surface area (TPSA) is 179 Å². The largest absolute Gasteiger partial charge is 0.394 e. The molecule has 10 atom stereocenters. The van der Waals surface area contributed by atoms with Crippen LogP contribution in [0, 0.1) is 0 Å². The molecule has 0 amide bonds. The van der Waals surface area contributed by atoms with Crippen LogP contribution < -0.4 is 0 Å². The standard InChI is InChI=1S/C17H34O11Si/c1-29(2,3)5-4-25-16-14(24)15(11(21)9(7-19)26-16)28-17-13(23)12(22)10(20)8(6-18)27-17/h8-24H,4-7H2,1-3H3/t8-,9-,10+,11+,12+,13-,14-,15+,16-,17+/m1/s1. The van der Waals surface area contributed by atoms with Crippen molar-refractivity contribution in [3.8, 4) is 0 Å². The first-order valence-electron chi connectivity index (χ1n) is 9.70. The van der Waals surface area contributed by atoms with E-state index < -0.39 is 82.7 Å². The van der Waals surface area contributed by atoms with E-state index >= 15 is 0 Å². The average molecular weight is 443 g/mol. The molecule has 0 aromatic heterocycles. The summed E-state index contributed by atoms with van der Waals surface area (Å²) in [6, 6.07) is 0.796. The summed E-state index contributed by atoms with van der Waals surface area (Å²) in [6.45, 7) is 5.54. The Balaban J connectivity index is 2.09. The van der Waals surface area contributed by atoms with Gasteiger partial charge in [0.2, 0.25) is 0 Å². The molecule has 2 saturated heterocycles. The molecule has 7 N–H and O–H groups in total. The van der Waals surface area contributed by atoms with Gasteiger partial charge in [0.05, 0.1) is 13.2 Å². The van der Waals surface area contributed by atoms with Crippen LogP contribution in [0.25, 0.3) is 0 Å². The molecule has 0 bridgehead atoms. The van der Waals surface area contributed by atoms with Gasteiger partial charge in [-0.25, -0.2) is 0 Å². The zero-order valence-corrected chi connectivity index (χ0v) is 17.9. The Labute approximate surface area is 170 Å². The monoisotopic (exact) mass is 442 g/mol. The Morgan fingerprint density at radius 3 is 1.83 bits per heavy atom. The van der Waals surface area contributed by atoms with Gasteiger partial charge in [-0.1, -0.05) is 19.6 Å². The van der Waals surface area contributed by atoms with Gasteiger partial charge in [-0.2, -0.15) is 0 Å². The normalized spacial score (nSPS) is 44.1. The quantitative estimate of drug-likeness (QED) is 0.190. The van der Waals surface area contributed by atoms with Crippen molar-refractivity contribution in [3.05, 3.63) is 0 Å². The number of hydrogen-bond donors (Lipinski definition) is 7. The lowest BCUT2D eigenvalue weighted by Crippen LogP contribution is -2.64. The number of rotatable bonds is 8. The number of ether oxygens (including phenoxy) is 4. The zero-order valence-electron chi connectivity index (χ0n) is 16.9. The fourth-order valence-electron chi connectivity index (χ4n) is 3.17. The van der Waals surface area contributed by atoms with E-state index in [0.717, 1.165) is 6.04 Å². The summed E-state index contributed by atoms with van der Waals surface area (Å²) in [7, 11) is -1.41. The number of aliphatic hydroxyl groups is 7. The van der Waals surface area contributed by atoms with Crippen LogP contribution in [-0.4, -0.2) is 125 Å². The predicted molar refractivity (Wildman–Crippen MR) is 101 cm³/mol. The van der Waals surface area contributed by atoms with E-state index in [1.165, 1.54) is 0 Å². The van der Waals surface area contributed by atoms with Crippen LogP contribution >= 0.6 is 0 Å². The summed E-state index contributed by atoms with van der Waals surface area (Å²) in [5.74, 6) is 0. The molecule has 0 radical (unpaired) electrons. The summed E-state index contributed by atoms with van der Waals surface area (Å²) < 4.78 is 21.8. The Morgan fingerprint density at radius 1 is 0.724 bits per heavy atom. The van der Waals surface area contributed by atoms with E-state index in [-0.39, 0.29) is 0 Å². The third-order valence-electron chi connectivity index (χ3n) is 5.10. The van der Waals surface area contributed by atoms with Crippen molar-refractivity contribution in [1.82, 2.24) is 0 Å². The van der Waals surface area contributed by atoms with E-state index in [4.69, 9.17) is 18.9 Å². The SMILES string of the molecule is C[Si](C)(C)CCO[C@@H]1O[C@H](CO)[C@H](O)[C@H](O[C@@H]2O[C@H](CO)[C@H](O)[C@H](O)[C@H]2O)[C@H]1O. The first-order valence-corrected chi connectivity index (χ1v) is 13.4. The maximum Gasteiger partial charge on any atom is 0.187 e. The molecule has 2 fully saturated rings. The first kappa shape index (κ1) is 25.0. The second-order valence-corrected chi connectivity index (χ2v) is 14.3. The van der Waals surface area contributed by atoms with Crippen molar-refractivity contribution >= 4 is 8.07 Å². The van der Waals surface area contributed by atoms with Gasteiger partial charge >= 0.3 is 0 Å². The molecule has 29 heavy (non-hydrogen) atoms. The zero-order chi connectivity index (χ0) is 21.9. The van der Waals surface area contributed by atoms with Crippen LogP contribution in [0.2, 0.25) is 25.7 Å². The van der Waals surface area contributed by atoms with E-state index in [0.29, 0.717) is 6.61 Å². The Morgan fingerprint density at radius 2 is 1.28 bits per heavy atom. The minimum atomic E-state index is -1.70. The average Bonchev–Trinajstić information content (AvgIpc) is 2.65. The van der Waals surface area contributed by atoms with Crippen LogP contribution in [0.3, 0.4) is 0 Å². The van der Waals surface area contributed by atoms with E-state index in [1.807, 2.05) is 0 Å². The summed E-state index contributed by atoms with van der Waals surface area (Å²) in [5, 5.41) is 69.7. The minimum absolute atomic E-state index is 0.304. The van der Waals surface area contributed by atoms with Gasteiger partial charge < -0.3 is 54.7 Å². The molecule has 0 spiro atoms. The molecule has 2 aliphatic rings. The van der Waals surface area contributed by atoms with Gasteiger partial charge in [-0.3, -0.25) is 0 Å². The second-order valence-electron chi connectivity index (χ2n) is 8.69. The van der Waals surface area contributed by atoms with Crippen LogP contribution in [0.1, 0.15) is 0 Å². The predicted octanol–water partition coefficient (Wildman–Crippen LogP) is -3.03. The Kier molecular flexibility index (Phi) is 8.97. The molecular weight excluding hydrogens is 408 g/mol. The Hall–Kier alpha value is -0.223. The lowest BCUT2D eigenvalue weighted by atomic mass is 9.97. The highest BCUT2D eigenvalue weighted by Crippen LogP contribution is 2.29. The maximum atomic E-state index is 10.6. The number of aliphatic hydroxyl groups excluding tert-OH is 7. The van der Waals surface area contributed by atoms with Gasteiger partial charge in [-0.15, -0.1) is 0 Å². The molecule has 12 heteroatoms. The van der Waals surface area contributed by atoms with Crippen LogP contribution in [0.15, 0.2) is 0 Å². The fraction of sp³-hybridized carbons (Fsp3) is 1.00. The van der Waals surface area contributed by atoms with Crippen LogP contribution in [0.5, 0.6) is 0 Å². The smallest absolute Gasteiger partial charge is 0.187 e. The molecule has 0 saturated carbocycles. The summed E-state index contributed by atoms with van der Waals surface area (Å²) >= 11 is 0. The number of hydrogen-bond acceptors (Lipinski definition) is 11. The molecule has 0 unspecified atom stereocenters. The van der Waals surface area contributed by atoms with Crippen molar-refractivity contribution in [2.24, 2.45) is 0 Å². The second kappa shape index (κ2) is 10.4. The van der Waals surface area contributed by atoms with Gasteiger partial charge in [0.25, 0.3) is 0 Å². The maximum absolute atomic E-state index is 10.6. The van der Waals surface area contributed by atoms with Crippen molar-refractivity contribution in [3.63, 3.8) is 0 Å². The minimum Gasteiger partial charge on any atom is -0.394 e. The molecule has 0 aromatic carbocycles. The molecule has 172 valence electrons. The molecule has 11 nitrogen and oxygen atoms in total. The Bertz CT molecular complexity index is 502. The van der Waals surface area contributed by atoms with Gasteiger partial charge in [0, 0.05) is 14.7 Å². The first-order chi connectivity index (χ1) is 13.5. The summed E-state index contributed by atoms with van der Waals surface area (Å²) in [5.41, 5.74) is 0. The molecule has 0 aromatic rings. The lowest BCUT2D eigenvalue weighted by molar-refractivity contribution is -0.359. The van der Waals surface area contributed by atoms with E-state index in [2.05, 4.69) is 19.6 Å². The summed E-state index contributed by atoms with van der Waals surface area (Å²) in [4.78, 5) is 0. The van der Waals surface area contributed by atoms with Crippen LogP contribution in [-0.2, 0) is 18.9 Å². The van der Waals surface area contributed by atoms with E-state index in [9.17, 15) is 35.7 Å². The van der Waals surface area contributed by atoms with Gasteiger partial charge in [0.15, 0.2) is 12.6 Å². The van der Waals surface area contributed by atoms with Crippen molar-refractivity contribution < 1.29 is 54.7 Å². The highest BCUT2D eigenvalue weighted by Gasteiger charge is 2.50. The third-order valence-corrected chi connectivity index (χ3v) is 6.80. The molecule has 0 aliphatic carbocycles. The summed E-state index contributed by atoms with van der Waals surface area (Å²) in [6.07, 6.45) is -14.4. The van der Waals surface area contributed by atoms with Crippen molar-refractivity contribution in [2.75, 3.05) is 19.8 Å². The molecular formula is C17H34O11Si. The van der Waals surface area contributed by atoms with Crippen LogP contribution in [0.4, 0.5) is 0 Å². The molecule has 2 aliphatic heterocycles. The van der Waals surface area contributed by atoms with Crippen molar-refractivity contribution in [1.29, 1.82) is 0 Å². The molecule has 2 rings (SSSR count). The highest BCUT2D eigenvalue weighted by atomic mass is 28.3. The third kappa shape index (κ3) is 6.15. The lowest BCUT2D eigenvalue weighted by Gasteiger charge is -2.46. The molecule has 2 heterocycles. The highest BCUT2D eigenvalue weighted by molar-refractivity contribution is 6.76. The fourth-order valence-corrected chi connectivity index (χ4v) is 3.90. The van der Waals surface area contributed by atoms with Gasteiger partial charge in [-0.05, 0) is 6.04 Å². The van der Waals surface area contributed by atoms with Gasteiger partial charge in [0.1, 0.15) is 48.8 Å².